The molecule has 2 rings (SSSR count). The van der Waals surface area contributed by atoms with E-state index < -0.39 is 21.2 Å². The van der Waals surface area contributed by atoms with Gasteiger partial charge in [0.2, 0.25) is 0 Å². The summed E-state index contributed by atoms with van der Waals surface area (Å²) >= 11 is 0. The van der Waals surface area contributed by atoms with Gasteiger partial charge >= 0.3 is 0 Å². The molecule has 0 spiro atoms. The standard InChI is InChI=1S/C15H22O4S/c1-14(2)13(18-15(3,4)19-14)10-11-20(16,17)12-8-6-5-7-9-12/h5-9,13H,10-11H2,1-4H3/t13-/m1/s1. The van der Waals surface area contributed by atoms with Gasteiger partial charge in [0, 0.05) is 0 Å². The van der Waals surface area contributed by atoms with E-state index in [2.05, 4.69) is 0 Å². The van der Waals surface area contributed by atoms with Crippen molar-refractivity contribution in [2.75, 3.05) is 5.75 Å². The fraction of sp³-hybridized carbons (Fsp3) is 0.600. The molecule has 1 aliphatic rings. The Morgan fingerprint density at radius 2 is 1.70 bits per heavy atom. The van der Waals surface area contributed by atoms with Gasteiger partial charge in [-0.1, -0.05) is 18.2 Å². The minimum atomic E-state index is -3.27. The van der Waals surface area contributed by atoms with Gasteiger partial charge in [-0.25, -0.2) is 8.42 Å². The molecule has 1 atom stereocenters. The van der Waals surface area contributed by atoms with E-state index in [0.29, 0.717) is 11.3 Å². The van der Waals surface area contributed by atoms with Crippen molar-refractivity contribution in [2.45, 2.75) is 56.5 Å². The molecule has 1 saturated heterocycles. The summed E-state index contributed by atoms with van der Waals surface area (Å²) in [6.45, 7) is 7.56. The average molecular weight is 298 g/mol. The van der Waals surface area contributed by atoms with Crippen LogP contribution in [0.25, 0.3) is 0 Å². The lowest BCUT2D eigenvalue weighted by molar-refractivity contribution is -0.157. The van der Waals surface area contributed by atoms with Crippen LogP contribution < -0.4 is 0 Å². The van der Waals surface area contributed by atoms with Gasteiger partial charge in [0.05, 0.1) is 22.4 Å². The molecule has 0 aromatic heterocycles. The van der Waals surface area contributed by atoms with Gasteiger partial charge in [-0.05, 0) is 46.2 Å². The second-order valence-electron chi connectivity index (χ2n) is 6.13. The lowest BCUT2D eigenvalue weighted by Crippen LogP contribution is -2.34. The smallest absolute Gasteiger partial charge is 0.178 e. The van der Waals surface area contributed by atoms with E-state index in [1.807, 2.05) is 27.7 Å². The molecule has 0 bridgehead atoms. The minimum Gasteiger partial charge on any atom is -0.344 e. The highest BCUT2D eigenvalue weighted by Gasteiger charge is 2.47. The molecule has 1 heterocycles. The van der Waals surface area contributed by atoms with Crippen molar-refractivity contribution in [1.82, 2.24) is 0 Å². The zero-order valence-corrected chi connectivity index (χ0v) is 13.2. The third-order valence-corrected chi connectivity index (χ3v) is 5.22. The van der Waals surface area contributed by atoms with Crippen LogP contribution in [0.1, 0.15) is 34.1 Å². The lowest BCUT2D eigenvalue weighted by Gasteiger charge is -2.23. The largest absolute Gasteiger partial charge is 0.344 e. The highest BCUT2D eigenvalue weighted by atomic mass is 32.2. The summed E-state index contributed by atoms with van der Waals surface area (Å²) < 4.78 is 36.1. The highest BCUT2D eigenvalue weighted by Crippen LogP contribution is 2.37. The van der Waals surface area contributed by atoms with Crippen molar-refractivity contribution in [3.63, 3.8) is 0 Å². The summed E-state index contributed by atoms with van der Waals surface area (Å²) in [6.07, 6.45) is 0.198. The van der Waals surface area contributed by atoms with Crippen LogP contribution in [-0.4, -0.2) is 31.7 Å². The van der Waals surface area contributed by atoms with Crippen LogP contribution >= 0.6 is 0 Å². The average Bonchev–Trinajstić information content (AvgIpc) is 2.55. The topological polar surface area (TPSA) is 52.6 Å². The van der Waals surface area contributed by atoms with Crippen LogP contribution in [0.3, 0.4) is 0 Å². The van der Waals surface area contributed by atoms with Gasteiger partial charge in [-0.2, -0.15) is 0 Å². The Bertz CT molecular complexity index is 561. The molecular weight excluding hydrogens is 276 g/mol. The molecule has 0 radical (unpaired) electrons. The summed E-state index contributed by atoms with van der Waals surface area (Å²) in [4.78, 5) is 0.357. The van der Waals surface area contributed by atoms with Gasteiger partial charge in [-0.15, -0.1) is 0 Å². The monoisotopic (exact) mass is 298 g/mol. The molecule has 0 aliphatic carbocycles. The van der Waals surface area contributed by atoms with Gasteiger partial charge < -0.3 is 9.47 Å². The quantitative estimate of drug-likeness (QED) is 0.857. The zero-order valence-electron chi connectivity index (χ0n) is 12.4. The fourth-order valence-electron chi connectivity index (χ4n) is 2.62. The van der Waals surface area contributed by atoms with Crippen LogP contribution in [0.2, 0.25) is 0 Å². The summed E-state index contributed by atoms with van der Waals surface area (Å²) in [5, 5.41) is 0. The van der Waals surface area contributed by atoms with Crippen LogP contribution in [0.4, 0.5) is 0 Å². The molecule has 1 aromatic rings. The summed E-state index contributed by atoms with van der Waals surface area (Å²) in [5.41, 5.74) is -0.476. The Morgan fingerprint density at radius 3 is 2.20 bits per heavy atom. The lowest BCUT2D eigenvalue weighted by atomic mass is 10.0. The minimum absolute atomic E-state index is 0.0601. The maximum atomic E-state index is 12.3. The molecular formula is C15H22O4S. The Morgan fingerprint density at radius 1 is 1.10 bits per heavy atom. The first kappa shape index (κ1) is 15.5. The van der Waals surface area contributed by atoms with Gasteiger partial charge in [0.25, 0.3) is 0 Å². The van der Waals surface area contributed by atoms with E-state index in [9.17, 15) is 8.42 Å². The SMILES string of the molecule is CC1(C)O[C@H](CCS(=O)(=O)c2ccccc2)C(C)(C)O1. The maximum absolute atomic E-state index is 12.3. The van der Waals surface area contributed by atoms with Crippen LogP contribution in [0.15, 0.2) is 35.2 Å². The van der Waals surface area contributed by atoms with Crippen molar-refractivity contribution in [2.24, 2.45) is 0 Å². The number of benzene rings is 1. The molecule has 1 aliphatic heterocycles. The van der Waals surface area contributed by atoms with Gasteiger partial charge in [0.1, 0.15) is 0 Å². The highest BCUT2D eigenvalue weighted by molar-refractivity contribution is 7.91. The normalized spacial score (nSPS) is 24.7. The Labute approximate surface area is 121 Å². The fourth-order valence-corrected chi connectivity index (χ4v) is 3.95. The van der Waals surface area contributed by atoms with Crippen molar-refractivity contribution in [1.29, 1.82) is 0 Å². The Kier molecular flexibility index (Phi) is 3.97. The molecule has 4 nitrogen and oxygen atoms in total. The van der Waals surface area contributed by atoms with Gasteiger partial charge in [-0.3, -0.25) is 0 Å². The molecule has 1 fully saturated rings. The first-order valence-electron chi connectivity index (χ1n) is 6.78. The summed E-state index contributed by atoms with van der Waals surface area (Å²) in [6, 6.07) is 8.51. The van der Waals surface area contributed by atoms with E-state index in [0.717, 1.165) is 0 Å². The Hall–Kier alpha value is -0.910. The maximum Gasteiger partial charge on any atom is 0.178 e. The Balaban J connectivity index is 2.06. The predicted molar refractivity (Wildman–Crippen MR) is 77.2 cm³/mol. The van der Waals surface area contributed by atoms with Gasteiger partial charge in [0.15, 0.2) is 15.6 Å². The number of ether oxygens (including phenoxy) is 2. The van der Waals surface area contributed by atoms with Crippen molar-refractivity contribution in [3.8, 4) is 0 Å². The second kappa shape index (κ2) is 5.13. The molecule has 1 aromatic carbocycles. The first-order valence-corrected chi connectivity index (χ1v) is 8.43. The van der Waals surface area contributed by atoms with Crippen LogP contribution in [0, 0.1) is 0 Å². The van der Waals surface area contributed by atoms with Crippen molar-refractivity contribution < 1.29 is 17.9 Å². The molecule has 0 unspecified atom stereocenters. The number of hydrogen-bond acceptors (Lipinski definition) is 4. The zero-order chi connectivity index (χ0) is 15.0. The van der Waals surface area contributed by atoms with Crippen LogP contribution in [-0.2, 0) is 19.3 Å². The van der Waals surface area contributed by atoms with Crippen molar-refractivity contribution in [3.05, 3.63) is 30.3 Å². The number of rotatable bonds is 4. The number of sulfone groups is 1. The summed E-state index contributed by atoms with van der Waals surface area (Å²) in [7, 11) is -3.27. The predicted octanol–water partition coefficient (Wildman–Crippen LogP) is 2.78. The van der Waals surface area contributed by atoms with E-state index in [4.69, 9.17) is 9.47 Å². The second-order valence-corrected chi connectivity index (χ2v) is 8.24. The molecule has 5 heteroatoms. The molecule has 0 amide bonds. The van der Waals surface area contributed by atoms with E-state index in [1.165, 1.54) is 0 Å². The third-order valence-electron chi connectivity index (χ3n) is 3.46. The van der Waals surface area contributed by atoms with E-state index >= 15 is 0 Å². The van der Waals surface area contributed by atoms with E-state index in [1.54, 1.807) is 30.3 Å². The van der Waals surface area contributed by atoms with Crippen molar-refractivity contribution >= 4 is 9.84 Å². The van der Waals surface area contributed by atoms with Crippen LogP contribution in [0.5, 0.6) is 0 Å². The number of hydrogen-bond donors (Lipinski definition) is 0. The third kappa shape index (κ3) is 3.40. The molecule has 112 valence electrons. The first-order chi connectivity index (χ1) is 9.12. The molecule has 0 saturated carbocycles. The van der Waals surface area contributed by atoms with E-state index in [-0.39, 0.29) is 11.9 Å². The molecule has 0 N–H and O–H groups in total. The molecule has 20 heavy (non-hydrogen) atoms. The summed E-state index contributed by atoms with van der Waals surface area (Å²) in [5.74, 6) is -0.602.